The summed E-state index contributed by atoms with van der Waals surface area (Å²) < 4.78 is 29.2. The summed E-state index contributed by atoms with van der Waals surface area (Å²) in [7, 11) is 0. The Morgan fingerprint density at radius 2 is 2.12 bits per heavy atom. The average molecular weight is 551 g/mol. The summed E-state index contributed by atoms with van der Waals surface area (Å²) in [5.41, 5.74) is 7.57. The first kappa shape index (κ1) is 19.2. The first-order valence-electron chi connectivity index (χ1n) is 7.06. The summed E-state index contributed by atoms with van der Waals surface area (Å²) in [6.45, 7) is 0.514. The van der Waals surface area contributed by atoms with Gasteiger partial charge in [0.05, 0.1) is 18.8 Å². The molecule has 2 heterocycles. The third kappa shape index (κ3) is 4.29. The molecule has 1 aromatic carbocycles. The molecule has 127 valence electrons. The predicted octanol–water partition coefficient (Wildman–Crippen LogP) is 1.69. The molecule has 10 heteroatoms. The fraction of sp³-hybridized carbons (Fsp3) is 0.429. The van der Waals surface area contributed by atoms with Gasteiger partial charge in [-0.05, 0) is 12.1 Å². The molecule has 2 aliphatic rings. The number of amides is 2. The van der Waals surface area contributed by atoms with Gasteiger partial charge in [-0.3, -0.25) is 4.90 Å². The van der Waals surface area contributed by atoms with E-state index in [1.165, 1.54) is 23.1 Å². The molecule has 2 amide bonds. The topological polar surface area (TPSA) is 101 Å². The van der Waals surface area contributed by atoms with Gasteiger partial charge >= 0.3 is 12.2 Å². The number of benzene rings is 1. The second-order valence-electron chi connectivity index (χ2n) is 5.15. The van der Waals surface area contributed by atoms with Crippen molar-refractivity contribution >= 4 is 17.9 Å². The fourth-order valence-electron chi connectivity index (χ4n) is 2.32. The van der Waals surface area contributed by atoms with Crippen molar-refractivity contribution in [1.29, 1.82) is 0 Å². The minimum absolute atomic E-state index is 0. The maximum Gasteiger partial charge on any atom is 0.414 e. The van der Waals surface area contributed by atoms with Crippen molar-refractivity contribution in [3.63, 3.8) is 0 Å². The Balaban J connectivity index is 0.00000208. The quantitative estimate of drug-likeness (QED) is 0.601. The molecule has 0 aromatic heterocycles. The number of hydrogen-bond donors (Lipinski definition) is 1. The van der Waals surface area contributed by atoms with Crippen LogP contribution in [0.4, 0.5) is 19.7 Å². The van der Waals surface area contributed by atoms with Crippen molar-refractivity contribution in [3.8, 4) is 5.75 Å². The Kier molecular flexibility index (Phi) is 6.66. The van der Waals surface area contributed by atoms with Crippen LogP contribution in [0.2, 0.25) is 0 Å². The summed E-state index contributed by atoms with van der Waals surface area (Å²) in [4.78, 5) is 23.8. The van der Waals surface area contributed by atoms with Crippen LogP contribution in [0.15, 0.2) is 18.2 Å². The Labute approximate surface area is 173 Å². The zero-order valence-electron chi connectivity index (χ0n) is 12.7. The molecule has 2 N–H and O–H groups in total. The third-order valence-electron chi connectivity index (χ3n) is 3.50. The maximum atomic E-state index is 14.1. The summed E-state index contributed by atoms with van der Waals surface area (Å²) in [6, 6.07) is 4.10. The van der Waals surface area contributed by atoms with E-state index in [-0.39, 0.29) is 69.5 Å². The molecule has 0 unspecified atom stereocenters. The van der Waals surface area contributed by atoms with Crippen molar-refractivity contribution in [2.24, 2.45) is 0 Å². The maximum absolute atomic E-state index is 14.1. The predicted molar refractivity (Wildman–Crippen MR) is 77.0 cm³/mol. The largest absolute Gasteiger partial charge is 0.674 e. The fourth-order valence-corrected chi connectivity index (χ4v) is 2.32. The molecule has 0 aliphatic carbocycles. The van der Waals surface area contributed by atoms with Gasteiger partial charge in [-0.15, -0.1) is 6.54 Å². The van der Waals surface area contributed by atoms with E-state index in [0.29, 0.717) is 12.2 Å². The molecule has 0 bridgehead atoms. The molecule has 2 fully saturated rings. The van der Waals surface area contributed by atoms with Gasteiger partial charge in [-0.2, -0.15) is 0 Å². The molecular weight excluding hydrogens is 536 g/mol. The summed E-state index contributed by atoms with van der Waals surface area (Å²) >= 11 is 0. The van der Waals surface area contributed by atoms with Crippen LogP contribution in [-0.2, 0) is 9.47 Å². The van der Waals surface area contributed by atoms with Crippen LogP contribution >= 0.6 is 0 Å². The number of halogens is 1. The van der Waals surface area contributed by atoms with Gasteiger partial charge in [0.1, 0.15) is 12.7 Å². The van der Waals surface area contributed by atoms with Crippen LogP contribution in [0, 0.1) is 49.9 Å². The number of alkyl carbamates (subject to hydrolysis) is 1. The molecule has 0 spiro atoms. The number of anilines is 1. The van der Waals surface area contributed by atoms with Crippen LogP contribution in [-0.4, -0.2) is 50.6 Å². The second-order valence-corrected chi connectivity index (χ2v) is 5.15. The summed E-state index contributed by atoms with van der Waals surface area (Å²) in [5.74, 6) is -0.636. The van der Waals surface area contributed by atoms with Gasteiger partial charge in [0.2, 0.25) is 0 Å². The third-order valence-corrected chi connectivity index (χ3v) is 3.50. The first-order valence-corrected chi connectivity index (χ1v) is 7.06. The van der Waals surface area contributed by atoms with Crippen LogP contribution in [0.5, 0.6) is 5.75 Å². The molecular formula is C14H15AcFN3O5-. The van der Waals surface area contributed by atoms with Crippen molar-refractivity contribution in [2.75, 3.05) is 31.1 Å². The van der Waals surface area contributed by atoms with Gasteiger partial charge in [-0.1, -0.05) is 0 Å². The molecule has 24 heavy (non-hydrogen) atoms. The number of nitrogens with one attached hydrogen (secondary N) is 2. The molecule has 2 saturated heterocycles. The van der Waals surface area contributed by atoms with E-state index >= 15 is 0 Å². The van der Waals surface area contributed by atoms with E-state index in [0.717, 1.165) is 0 Å². The van der Waals surface area contributed by atoms with Crippen molar-refractivity contribution in [2.45, 2.75) is 12.2 Å². The van der Waals surface area contributed by atoms with Crippen LogP contribution < -0.4 is 15.0 Å². The van der Waals surface area contributed by atoms with Crippen molar-refractivity contribution in [1.82, 2.24) is 5.32 Å². The zero-order valence-corrected chi connectivity index (χ0v) is 17.4. The minimum atomic E-state index is -0.637. The Bertz CT molecular complexity index is 632. The standard InChI is InChI=1S/C14H15FN3O5.Ac/c15-11-3-8(18-6-9(4-16)23-14(18)20)1-2-12(11)21-7-10-5-17-13(19)22-10;/h1-3,9-10,16H,4-7H2,(H,17,19);/q-1;/t9-,10-;/m0./s1. The molecule has 0 saturated carbocycles. The van der Waals surface area contributed by atoms with Gasteiger partial charge in [0.15, 0.2) is 17.7 Å². The van der Waals surface area contributed by atoms with Crippen LogP contribution in [0.1, 0.15) is 0 Å². The first-order chi connectivity index (χ1) is 11.1. The van der Waals surface area contributed by atoms with E-state index < -0.39 is 30.2 Å². The number of carbonyl (C=O) groups is 2. The van der Waals surface area contributed by atoms with E-state index in [1.54, 1.807) is 0 Å². The van der Waals surface area contributed by atoms with Gasteiger partial charge < -0.3 is 25.3 Å². The number of carbonyl (C=O) groups excluding carboxylic acids is 2. The molecule has 8 nitrogen and oxygen atoms in total. The number of rotatable bonds is 5. The summed E-state index contributed by atoms with van der Waals surface area (Å²) in [6.07, 6.45) is -2.09. The monoisotopic (exact) mass is 551 g/mol. The zero-order chi connectivity index (χ0) is 16.4. The number of nitrogens with zero attached hydrogens (tertiary/aromatic N) is 1. The van der Waals surface area contributed by atoms with Gasteiger partial charge in [-0.25, -0.2) is 14.0 Å². The van der Waals surface area contributed by atoms with Crippen LogP contribution in [0.3, 0.4) is 0 Å². The SMILES string of the molecule is [Ac].[NH-]C[C@H]1CN(c2ccc(OC[C@@H]3CNC(=O)O3)c(F)c2)C(=O)O1. The van der Waals surface area contributed by atoms with E-state index in [9.17, 15) is 14.0 Å². The van der Waals surface area contributed by atoms with Gasteiger partial charge in [0, 0.05) is 50.1 Å². The minimum Gasteiger partial charge on any atom is -0.674 e. The van der Waals surface area contributed by atoms with E-state index in [4.69, 9.17) is 19.9 Å². The molecule has 1 radical (unpaired) electrons. The molecule has 1 aromatic rings. The number of hydrogen-bond acceptors (Lipinski definition) is 5. The molecule has 2 atom stereocenters. The average Bonchev–Trinajstić information content (AvgIpc) is 3.11. The number of ether oxygens (including phenoxy) is 3. The van der Waals surface area contributed by atoms with Crippen molar-refractivity contribution in [3.05, 3.63) is 29.7 Å². The smallest absolute Gasteiger partial charge is 0.414 e. The van der Waals surface area contributed by atoms with E-state index in [1.807, 2.05) is 0 Å². The Hall–Kier alpha value is -1.11. The van der Waals surface area contributed by atoms with Gasteiger partial charge in [0.25, 0.3) is 0 Å². The normalized spacial score (nSPS) is 22.5. The van der Waals surface area contributed by atoms with Crippen LogP contribution in [0.25, 0.3) is 5.73 Å². The Morgan fingerprint density at radius 1 is 1.33 bits per heavy atom. The number of cyclic esters (lactones) is 2. The molecule has 3 rings (SSSR count). The molecule has 2 aliphatic heterocycles. The second kappa shape index (κ2) is 8.32. The van der Waals surface area contributed by atoms with E-state index in [2.05, 4.69) is 5.32 Å². The van der Waals surface area contributed by atoms with Crippen molar-refractivity contribution < 1.29 is 72.3 Å². The Morgan fingerprint density at radius 3 is 2.71 bits per heavy atom. The summed E-state index contributed by atoms with van der Waals surface area (Å²) in [5, 5.41) is 2.47.